The molecular formula is C8H6BrNS2. The van der Waals surface area contributed by atoms with Gasteiger partial charge >= 0.3 is 0 Å². The average Bonchev–Trinajstić information content (AvgIpc) is 2.46. The first-order chi connectivity index (χ1) is 5.79. The molecule has 12 heavy (non-hydrogen) atoms. The van der Waals surface area contributed by atoms with Crippen molar-refractivity contribution in [2.24, 2.45) is 0 Å². The third kappa shape index (κ3) is 1.51. The number of hydrogen-bond donors (Lipinski definition) is 0. The van der Waals surface area contributed by atoms with Gasteiger partial charge in [0.15, 0.2) is 4.34 Å². The molecule has 62 valence electrons. The first kappa shape index (κ1) is 8.53. The normalized spacial score (nSPS) is 10.8. The van der Waals surface area contributed by atoms with E-state index < -0.39 is 0 Å². The van der Waals surface area contributed by atoms with Crippen molar-refractivity contribution in [3.8, 4) is 0 Å². The first-order valence-corrected chi connectivity index (χ1v) is 6.23. The number of nitrogens with zero attached hydrogens (tertiary/aromatic N) is 1. The van der Waals surface area contributed by atoms with Crippen molar-refractivity contribution in [2.75, 3.05) is 6.26 Å². The monoisotopic (exact) mass is 259 g/mol. The molecule has 1 aromatic heterocycles. The lowest BCUT2D eigenvalue weighted by molar-refractivity contribution is 1.31. The molecule has 0 saturated heterocycles. The van der Waals surface area contributed by atoms with Gasteiger partial charge in [0.05, 0.1) is 10.2 Å². The zero-order chi connectivity index (χ0) is 8.55. The predicted molar refractivity (Wildman–Crippen MR) is 59.1 cm³/mol. The SMILES string of the molecule is CSc1nc2cc(Br)ccc2s1. The Kier molecular flexibility index (Phi) is 2.39. The summed E-state index contributed by atoms with van der Waals surface area (Å²) >= 11 is 6.85. The van der Waals surface area contributed by atoms with E-state index in [0.29, 0.717) is 0 Å². The minimum Gasteiger partial charge on any atom is -0.230 e. The summed E-state index contributed by atoms with van der Waals surface area (Å²) in [6.07, 6.45) is 2.05. The maximum absolute atomic E-state index is 4.44. The Balaban J connectivity index is 2.67. The molecule has 2 aromatic rings. The van der Waals surface area contributed by atoms with Gasteiger partial charge in [0.25, 0.3) is 0 Å². The Hall–Kier alpha value is -0.0600. The number of aromatic nitrogens is 1. The Morgan fingerprint density at radius 3 is 3.08 bits per heavy atom. The molecule has 1 nitrogen and oxygen atoms in total. The lowest BCUT2D eigenvalue weighted by Gasteiger charge is -1.86. The van der Waals surface area contributed by atoms with Crippen molar-refractivity contribution in [1.82, 2.24) is 4.98 Å². The van der Waals surface area contributed by atoms with E-state index in [-0.39, 0.29) is 0 Å². The molecule has 0 spiro atoms. The van der Waals surface area contributed by atoms with Crippen molar-refractivity contribution in [3.05, 3.63) is 22.7 Å². The molecule has 2 rings (SSSR count). The van der Waals surface area contributed by atoms with E-state index in [1.807, 2.05) is 18.4 Å². The van der Waals surface area contributed by atoms with E-state index >= 15 is 0 Å². The van der Waals surface area contributed by atoms with E-state index in [0.717, 1.165) is 14.3 Å². The van der Waals surface area contributed by atoms with Gasteiger partial charge < -0.3 is 0 Å². The summed E-state index contributed by atoms with van der Waals surface area (Å²) in [5.74, 6) is 0. The third-order valence-electron chi connectivity index (χ3n) is 1.50. The van der Waals surface area contributed by atoms with Crippen LogP contribution in [-0.2, 0) is 0 Å². The van der Waals surface area contributed by atoms with Gasteiger partial charge in [-0.1, -0.05) is 27.7 Å². The summed E-state index contributed by atoms with van der Waals surface area (Å²) in [6, 6.07) is 6.19. The number of hydrogen-bond acceptors (Lipinski definition) is 3. The molecule has 1 heterocycles. The molecule has 0 saturated carbocycles. The third-order valence-corrected chi connectivity index (χ3v) is 4.02. The molecule has 0 atom stereocenters. The molecule has 0 radical (unpaired) electrons. The topological polar surface area (TPSA) is 12.9 Å². The zero-order valence-electron chi connectivity index (χ0n) is 6.37. The highest BCUT2D eigenvalue weighted by atomic mass is 79.9. The summed E-state index contributed by atoms with van der Waals surface area (Å²) in [7, 11) is 0. The Labute approximate surface area is 87.3 Å². The van der Waals surface area contributed by atoms with Crippen LogP contribution in [0.5, 0.6) is 0 Å². The average molecular weight is 260 g/mol. The highest BCUT2D eigenvalue weighted by Gasteiger charge is 2.01. The highest BCUT2D eigenvalue weighted by molar-refractivity contribution is 9.10. The second kappa shape index (κ2) is 3.36. The quantitative estimate of drug-likeness (QED) is 0.724. The highest BCUT2D eigenvalue weighted by Crippen LogP contribution is 2.29. The fourth-order valence-electron chi connectivity index (χ4n) is 0.967. The molecule has 0 amide bonds. The summed E-state index contributed by atoms with van der Waals surface area (Å²) in [4.78, 5) is 4.44. The van der Waals surface area contributed by atoms with E-state index in [9.17, 15) is 0 Å². The fourth-order valence-corrected chi connectivity index (χ4v) is 2.79. The molecule has 4 heteroatoms. The van der Waals surface area contributed by atoms with Crippen LogP contribution in [-0.4, -0.2) is 11.2 Å². The van der Waals surface area contributed by atoms with Gasteiger partial charge in [-0.05, 0) is 24.5 Å². The Bertz CT molecular complexity index is 410. The lowest BCUT2D eigenvalue weighted by Crippen LogP contribution is -1.67. The number of rotatable bonds is 1. The molecule has 0 aliphatic heterocycles. The number of thioether (sulfide) groups is 1. The zero-order valence-corrected chi connectivity index (χ0v) is 9.59. The number of fused-ring (bicyclic) bond motifs is 1. The molecule has 1 aromatic carbocycles. The van der Waals surface area contributed by atoms with E-state index in [2.05, 4.69) is 27.0 Å². The number of thiazole rings is 1. The van der Waals surface area contributed by atoms with Crippen molar-refractivity contribution < 1.29 is 0 Å². The standard InChI is InChI=1S/C8H6BrNS2/c1-11-8-10-6-4-5(9)2-3-7(6)12-8/h2-4H,1H3. The maximum Gasteiger partial charge on any atom is 0.150 e. The molecule has 0 aliphatic carbocycles. The molecular weight excluding hydrogens is 254 g/mol. The van der Waals surface area contributed by atoms with Crippen molar-refractivity contribution >= 4 is 49.2 Å². The van der Waals surface area contributed by atoms with Crippen LogP contribution in [0.15, 0.2) is 27.0 Å². The Morgan fingerprint density at radius 2 is 2.33 bits per heavy atom. The second-order valence-corrected chi connectivity index (χ2v) is 5.30. The lowest BCUT2D eigenvalue weighted by atomic mass is 10.3. The fraction of sp³-hybridized carbons (Fsp3) is 0.125. The van der Waals surface area contributed by atoms with Gasteiger partial charge in [-0.15, -0.1) is 11.3 Å². The van der Waals surface area contributed by atoms with Crippen LogP contribution < -0.4 is 0 Å². The smallest absolute Gasteiger partial charge is 0.150 e. The molecule has 0 aliphatic rings. The predicted octanol–water partition coefficient (Wildman–Crippen LogP) is 3.78. The molecule has 0 fully saturated rings. The van der Waals surface area contributed by atoms with Gasteiger partial charge in [-0.2, -0.15) is 0 Å². The van der Waals surface area contributed by atoms with Gasteiger partial charge in [-0.3, -0.25) is 0 Å². The second-order valence-electron chi connectivity index (χ2n) is 2.30. The number of halogens is 1. The first-order valence-electron chi connectivity index (χ1n) is 3.39. The van der Waals surface area contributed by atoms with Crippen LogP contribution in [0.3, 0.4) is 0 Å². The summed E-state index contributed by atoms with van der Waals surface area (Å²) in [6.45, 7) is 0. The van der Waals surface area contributed by atoms with Crippen LogP contribution in [0, 0.1) is 0 Å². The Morgan fingerprint density at radius 1 is 1.50 bits per heavy atom. The summed E-state index contributed by atoms with van der Waals surface area (Å²) in [5.41, 5.74) is 1.08. The van der Waals surface area contributed by atoms with Gasteiger partial charge in [0.1, 0.15) is 0 Å². The van der Waals surface area contributed by atoms with E-state index in [1.54, 1.807) is 23.1 Å². The summed E-state index contributed by atoms with van der Waals surface area (Å²) in [5, 5.41) is 0. The largest absolute Gasteiger partial charge is 0.230 e. The van der Waals surface area contributed by atoms with Crippen LogP contribution in [0.2, 0.25) is 0 Å². The van der Waals surface area contributed by atoms with Gasteiger partial charge in [0, 0.05) is 4.47 Å². The van der Waals surface area contributed by atoms with E-state index in [4.69, 9.17) is 0 Å². The van der Waals surface area contributed by atoms with Crippen LogP contribution >= 0.6 is 39.0 Å². The van der Waals surface area contributed by atoms with Crippen molar-refractivity contribution in [3.63, 3.8) is 0 Å². The van der Waals surface area contributed by atoms with Gasteiger partial charge in [0.2, 0.25) is 0 Å². The van der Waals surface area contributed by atoms with Crippen LogP contribution in [0.1, 0.15) is 0 Å². The molecule has 0 N–H and O–H groups in total. The van der Waals surface area contributed by atoms with Crippen molar-refractivity contribution in [2.45, 2.75) is 4.34 Å². The minimum absolute atomic E-state index is 1.08. The van der Waals surface area contributed by atoms with Crippen molar-refractivity contribution in [1.29, 1.82) is 0 Å². The van der Waals surface area contributed by atoms with E-state index in [1.165, 1.54) is 4.70 Å². The molecule has 0 unspecified atom stereocenters. The van der Waals surface area contributed by atoms with Crippen LogP contribution in [0.25, 0.3) is 10.2 Å². The number of benzene rings is 1. The van der Waals surface area contributed by atoms with Crippen LogP contribution in [0.4, 0.5) is 0 Å². The maximum atomic E-state index is 4.44. The van der Waals surface area contributed by atoms with Gasteiger partial charge in [-0.25, -0.2) is 4.98 Å². The summed E-state index contributed by atoms with van der Waals surface area (Å²) < 4.78 is 3.47. The minimum atomic E-state index is 1.08. The molecule has 0 bridgehead atoms.